The van der Waals surface area contributed by atoms with E-state index in [1.165, 1.54) is 12.3 Å². The van der Waals surface area contributed by atoms with E-state index in [2.05, 4.69) is 15.7 Å². The third kappa shape index (κ3) is 4.53. The van der Waals surface area contributed by atoms with E-state index in [0.29, 0.717) is 12.1 Å². The second-order valence-corrected chi connectivity index (χ2v) is 5.65. The molecule has 28 heavy (non-hydrogen) atoms. The first-order valence-electron chi connectivity index (χ1n) is 7.86. The Morgan fingerprint density at radius 1 is 0.857 bits per heavy atom. The van der Waals surface area contributed by atoms with Gasteiger partial charge in [0.25, 0.3) is 5.91 Å². The summed E-state index contributed by atoms with van der Waals surface area (Å²) in [6.07, 6.45) is 1.32. The summed E-state index contributed by atoms with van der Waals surface area (Å²) < 4.78 is 54.0. The lowest BCUT2D eigenvalue weighted by Crippen LogP contribution is -2.20. The summed E-state index contributed by atoms with van der Waals surface area (Å²) >= 11 is 0. The standard InChI is InChI=1S/C18H12F4N4O2/c19-10-1-3-14(12(21)7-10)23-17(27)9-26-6-5-16(25-26)18(28)24-15-4-2-11(20)8-13(15)22/h1-8H,9H2,(H,23,27)(H,24,28). The van der Waals surface area contributed by atoms with E-state index in [-0.39, 0.29) is 23.6 Å². The Labute approximate surface area is 155 Å². The van der Waals surface area contributed by atoms with Gasteiger partial charge in [-0.1, -0.05) is 0 Å². The Morgan fingerprint density at radius 2 is 1.43 bits per heavy atom. The van der Waals surface area contributed by atoms with Crippen molar-refractivity contribution in [1.29, 1.82) is 0 Å². The van der Waals surface area contributed by atoms with Crippen LogP contribution in [0.4, 0.5) is 28.9 Å². The number of carbonyl (C=O) groups excluding carboxylic acids is 2. The summed E-state index contributed by atoms with van der Waals surface area (Å²) in [5, 5.41) is 8.35. The Morgan fingerprint density at radius 3 is 2.00 bits per heavy atom. The Hall–Kier alpha value is -3.69. The van der Waals surface area contributed by atoms with Crippen LogP contribution in [0.25, 0.3) is 0 Å². The summed E-state index contributed by atoms with van der Waals surface area (Å²) in [6.45, 7) is -0.352. The van der Waals surface area contributed by atoms with Gasteiger partial charge in [0.05, 0.1) is 11.4 Å². The van der Waals surface area contributed by atoms with Gasteiger partial charge >= 0.3 is 0 Å². The van der Waals surface area contributed by atoms with E-state index >= 15 is 0 Å². The van der Waals surface area contributed by atoms with E-state index in [4.69, 9.17) is 0 Å². The fourth-order valence-electron chi connectivity index (χ4n) is 2.28. The maximum Gasteiger partial charge on any atom is 0.276 e. The van der Waals surface area contributed by atoms with Crippen LogP contribution in [0, 0.1) is 23.3 Å². The highest BCUT2D eigenvalue weighted by molar-refractivity contribution is 6.02. The topological polar surface area (TPSA) is 76.0 Å². The van der Waals surface area contributed by atoms with Crippen LogP contribution in [-0.4, -0.2) is 21.6 Å². The molecule has 0 spiro atoms. The lowest BCUT2D eigenvalue weighted by atomic mass is 10.3. The van der Waals surface area contributed by atoms with Crippen LogP contribution >= 0.6 is 0 Å². The molecule has 0 radical (unpaired) electrons. The second kappa shape index (κ2) is 7.91. The summed E-state index contributed by atoms with van der Waals surface area (Å²) in [6, 6.07) is 6.63. The quantitative estimate of drug-likeness (QED) is 0.654. The molecule has 6 nitrogen and oxygen atoms in total. The van der Waals surface area contributed by atoms with Crippen LogP contribution in [0.5, 0.6) is 0 Å². The summed E-state index contributed by atoms with van der Waals surface area (Å²) in [5.41, 5.74) is -0.557. The van der Waals surface area contributed by atoms with Crippen LogP contribution in [0.3, 0.4) is 0 Å². The molecule has 1 aromatic heterocycles. The van der Waals surface area contributed by atoms with Crippen molar-refractivity contribution in [2.24, 2.45) is 0 Å². The van der Waals surface area contributed by atoms with Gasteiger partial charge in [-0.2, -0.15) is 5.10 Å². The minimum absolute atomic E-state index is 0.121. The van der Waals surface area contributed by atoms with Gasteiger partial charge in [-0.15, -0.1) is 0 Å². The van der Waals surface area contributed by atoms with Crippen molar-refractivity contribution in [1.82, 2.24) is 9.78 Å². The highest BCUT2D eigenvalue weighted by Gasteiger charge is 2.14. The Balaban J connectivity index is 1.63. The van der Waals surface area contributed by atoms with Crippen molar-refractivity contribution >= 4 is 23.2 Å². The van der Waals surface area contributed by atoms with Gasteiger partial charge in [-0.05, 0) is 30.3 Å². The van der Waals surface area contributed by atoms with E-state index in [1.54, 1.807) is 0 Å². The zero-order valence-corrected chi connectivity index (χ0v) is 14.0. The molecule has 1 heterocycles. The van der Waals surface area contributed by atoms with Crippen molar-refractivity contribution in [3.63, 3.8) is 0 Å². The van der Waals surface area contributed by atoms with Crippen LogP contribution in [0.15, 0.2) is 48.7 Å². The lowest BCUT2D eigenvalue weighted by Gasteiger charge is -2.07. The van der Waals surface area contributed by atoms with Crippen LogP contribution in [-0.2, 0) is 11.3 Å². The number of nitrogens with one attached hydrogen (secondary N) is 2. The molecule has 0 fully saturated rings. The SMILES string of the molecule is O=C(Cn1ccc(C(=O)Nc2ccc(F)cc2F)n1)Nc1ccc(F)cc1F. The fourth-order valence-corrected chi connectivity index (χ4v) is 2.28. The van der Waals surface area contributed by atoms with Crippen molar-refractivity contribution in [3.8, 4) is 0 Å². The fraction of sp³-hybridized carbons (Fsp3) is 0.0556. The van der Waals surface area contributed by atoms with E-state index < -0.39 is 35.1 Å². The molecule has 2 aromatic carbocycles. The monoisotopic (exact) mass is 392 g/mol. The van der Waals surface area contributed by atoms with Crippen LogP contribution in [0.2, 0.25) is 0 Å². The maximum absolute atomic E-state index is 13.6. The van der Waals surface area contributed by atoms with Crippen LogP contribution < -0.4 is 10.6 Å². The molecule has 0 atom stereocenters. The minimum atomic E-state index is -0.950. The molecule has 0 bridgehead atoms. The third-order valence-electron chi connectivity index (χ3n) is 3.56. The van der Waals surface area contributed by atoms with Gasteiger partial charge in [0, 0.05) is 18.3 Å². The summed E-state index contributed by atoms with van der Waals surface area (Å²) in [4.78, 5) is 24.0. The molecule has 2 N–H and O–H groups in total. The van der Waals surface area contributed by atoms with Crippen molar-refractivity contribution < 1.29 is 27.2 Å². The molecule has 0 aliphatic heterocycles. The molecule has 3 rings (SSSR count). The molecule has 3 aromatic rings. The number of anilines is 2. The second-order valence-electron chi connectivity index (χ2n) is 5.65. The molecule has 0 saturated heterocycles. The highest BCUT2D eigenvalue weighted by atomic mass is 19.1. The molecule has 144 valence electrons. The predicted octanol–water partition coefficient (Wildman–Crippen LogP) is 3.33. The number of carbonyl (C=O) groups is 2. The largest absolute Gasteiger partial charge is 0.322 e. The average Bonchev–Trinajstić information content (AvgIpc) is 3.08. The Bertz CT molecular complexity index is 1050. The molecule has 2 amide bonds. The zero-order chi connectivity index (χ0) is 20.3. The van der Waals surface area contributed by atoms with Gasteiger partial charge in [-0.3, -0.25) is 14.3 Å². The highest BCUT2D eigenvalue weighted by Crippen LogP contribution is 2.16. The summed E-state index contributed by atoms with van der Waals surface area (Å²) in [5.74, 6) is -4.89. The predicted molar refractivity (Wildman–Crippen MR) is 91.5 cm³/mol. The number of halogens is 4. The first-order chi connectivity index (χ1) is 13.3. The van der Waals surface area contributed by atoms with Gasteiger partial charge in [0.2, 0.25) is 5.91 Å². The normalized spacial score (nSPS) is 10.6. The molecule has 0 unspecified atom stereocenters. The molecule has 0 saturated carbocycles. The van der Waals surface area contributed by atoms with Crippen LogP contribution in [0.1, 0.15) is 10.5 Å². The number of hydrogen-bond acceptors (Lipinski definition) is 3. The number of rotatable bonds is 5. The van der Waals surface area contributed by atoms with Gasteiger partial charge in [-0.25, -0.2) is 17.6 Å². The number of aromatic nitrogens is 2. The number of hydrogen-bond donors (Lipinski definition) is 2. The lowest BCUT2D eigenvalue weighted by molar-refractivity contribution is -0.116. The first-order valence-corrected chi connectivity index (χ1v) is 7.86. The Kier molecular flexibility index (Phi) is 5.39. The maximum atomic E-state index is 13.6. The molecule has 10 heteroatoms. The van der Waals surface area contributed by atoms with Crippen molar-refractivity contribution in [3.05, 3.63) is 77.6 Å². The van der Waals surface area contributed by atoms with Gasteiger partial charge in [0.1, 0.15) is 29.8 Å². The number of nitrogens with zero attached hydrogens (tertiary/aromatic N) is 2. The molecular formula is C18H12F4N4O2. The first kappa shape index (κ1) is 19.1. The molecule has 0 aliphatic carbocycles. The third-order valence-corrected chi connectivity index (χ3v) is 3.56. The summed E-state index contributed by atoms with van der Waals surface area (Å²) in [7, 11) is 0. The number of amides is 2. The molecular weight excluding hydrogens is 380 g/mol. The van der Waals surface area contributed by atoms with Crippen molar-refractivity contribution in [2.75, 3.05) is 10.6 Å². The smallest absolute Gasteiger partial charge is 0.276 e. The van der Waals surface area contributed by atoms with Gasteiger partial charge < -0.3 is 10.6 Å². The van der Waals surface area contributed by atoms with Gasteiger partial charge in [0.15, 0.2) is 5.69 Å². The molecule has 0 aliphatic rings. The van der Waals surface area contributed by atoms with E-state index in [9.17, 15) is 27.2 Å². The minimum Gasteiger partial charge on any atom is -0.322 e. The average molecular weight is 392 g/mol. The van der Waals surface area contributed by atoms with Crippen molar-refractivity contribution in [2.45, 2.75) is 6.54 Å². The van der Waals surface area contributed by atoms with E-state index in [0.717, 1.165) is 28.9 Å². The van der Waals surface area contributed by atoms with E-state index in [1.807, 2.05) is 0 Å². The zero-order valence-electron chi connectivity index (χ0n) is 14.0. The number of benzene rings is 2.